The number of halogens is 1. The minimum atomic E-state index is -1.39. The Labute approximate surface area is 85.1 Å². The summed E-state index contributed by atoms with van der Waals surface area (Å²) >= 11 is 0. The largest absolute Gasteiger partial charge is 0.330 e. The minimum Gasteiger partial charge on any atom is -0.330 e. The Morgan fingerprint density at radius 3 is 2.07 bits per heavy atom. The topological polar surface area (TPSA) is 26.0 Å². The highest BCUT2D eigenvalue weighted by atomic mass is 19.1. The van der Waals surface area contributed by atoms with Crippen LogP contribution < -0.4 is 5.73 Å². The van der Waals surface area contributed by atoms with Crippen LogP contribution in [0, 0.1) is 5.41 Å². The lowest BCUT2D eigenvalue weighted by Gasteiger charge is -2.37. The van der Waals surface area contributed by atoms with Crippen molar-refractivity contribution in [2.24, 2.45) is 11.1 Å². The van der Waals surface area contributed by atoms with Crippen LogP contribution in [0.5, 0.6) is 0 Å². The molecule has 1 atom stereocenters. The molecule has 1 nitrogen and oxygen atoms in total. The molecule has 0 aliphatic rings. The average Bonchev–Trinajstić information content (AvgIpc) is 2.19. The van der Waals surface area contributed by atoms with Gasteiger partial charge in [-0.05, 0) is 12.5 Å². The zero-order valence-corrected chi connectivity index (χ0v) is 9.05. The van der Waals surface area contributed by atoms with Gasteiger partial charge in [0.05, 0.1) is 0 Å². The Balaban J connectivity index is 3.08. The second-order valence-corrected chi connectivity index (χ2v) is 4.46. The molecule has 0 saturated heterocycles. The van der Waals surface area contributed by atoms with E-state index in [0.717, 1.165) is 0 Å². The van der Waals surface area contributed by atoms with Gasteiger partial charge < -0.3 is 5.73 Å². The predicted molar refractivity (Wildman–Crippen MR) is 57.7 cm³/mol. The number of rotatable bonds is 3. The van der Waals surface area contributed by atoms with E-state index in [1.165, 1.54) is 0 Å². The average molecular weight is 195 g/mol. The quantitative estimate of drug-likeness (QED) is 0.788. The first-order valence-corrected chi connectivity index (χ1v) is 4.86. The highest BCUT2D eigenvalue weighted by molar-refractivity contribution is 5.24. The van der Waals surface area contributed by atoms with Gasteiger partial charge in [0.2, 0.25) is 0 Å². The van der Waals surface area contributed by atoms with Crippen molar-refractivity contribution in [1.82, 2.24) is 0 Å². The maximum Gasteiger partial charge on any atom is 0.139 e. The molecule has 0 aromatic heterocycles. The molecule has 14 heavy (non-hydrogen) atoms. The van der Waals surface area contributed by atoms with Crippen LogP contribution >= 0.6 is 0 Å². The van der Waals surface area contributed by atoms with E-state index < -0.39 is 11.1 Å². The summed E-state index contributed by atoms with van der Waals surface area (Å²) in [7, 11) is 0. The lowest BCUT2D eigenvalue weighted by atomic mass is 9.73. The molecule has 0 saturated carbocycles. The monoisotopic (exact) mass is 195 g/mol. The molecular weight excluding hydrogens is 177 g/mol. The molecule has 0 aliphatic carbocycles. The Kier molecular flexibility index (Phi) is 2.95. The molecule has 0 heterocycles. The summed E-state index contributed by atoms with van der Waals surface area (Å²) in [5.41, 5.74) is 4.35. The lowest BCUT2D eigenvalue weighted by molar-refractivity contribution is 0.0372. The molecule has 0 amide bonds. The first-order chi connectivity index (χ1) is 6.42. The van der Waals surface area contributed by atoms with Crippen molar-refractivity contribution in [3.63, 3.8) is 0 Å². The van der Waals surface area contributed by atoms with E-state index in [2.05, 4.69) is 0 Å². The molecule has 1 rings (SSSR count). The number of alkyl halides is 1. The first kappa shape index (κ1) is 11.2. The standard InChI is InChI=1S/C12H18FN/c1-11(2,9-14)12(3,13)10-7-5-4-6-8-10/h4-8H,9,14H2,1-3H3. The molecule has 78 valence electrons. The van der Waals surface area contributed by atoms with Crippen LogP contribution in [0.25, 0.3) is 0 Å². The van der Waals surface area contributed by atoms with Gasteiger partial charge in [-0.2, -0.15) is 0 Å². The number of benzene rings is 1. The molecule has 0 radical (unpaired) electrons. The summed E-state index contributed by atoms with van der Waals surface area (Å²) in [6, 6.07) is 9.18. The van der Waals surface area contributed by atoms with E-state index in [0.29, 0.717) is 12.1 Å². The second-order valence-electron chi connectivity index (χ2n) is 4.46. The lowest BCUT2D eigenvalue weighted by Crippen LogP contribution is -2.41. The first-order valence-electron chi connectivity index (χ1n) is 4.86. The van der Waals surface area contributed by atoms with Gasteiger partial charge in [-0.15, -0.1) is 0 Å². The maximum absolute atomic E-state index is 14.5. The summed E-state index contributed by atoms with van der Waals surface area (Å²) in [4.78, 5) is 0. The smallest absolute Gasteiger partial charge is 0.139 e. The SMILES string of the molecule is CC(C)(CN)C(C)(F)c1ccccc1. The van der Waals surface area contributed by atoms with E-state index in [1.54, 1.807) is 19.1 Å². The second kappa shape index (κ2) is 3.70. The van der Waals surface area contributed by atoms with Crippen molar-refractivity contribution in [3.8, 4) is 0 Å². The van der Waals surface area contributed by atoms with Crippen LogP contribution in [0.4, 0.5) is 4.39 Å². The minimum absolute atomic E-state index is 0.328. The van der Waals surface area contributed by atoms with E-state index in [9.17, 15) is 4.39 Å². The molecule has 0 spiro atoms. The van der Waals surface area contributed by atoms with E-state index in [1.807, 2.05) is 32.0 Å². The fraction of sp³-hybridized carbons (Fsp3) is 0.500. The third-order valence-corrected chi connectivity index (χ3v) is 3.10. The van der Waals surface area contributed by atoms with Crippen LogP contribution in [0.3, 0.4) is 0 Å². The Morgan fingerprint density at radius 2 is 1.64 bits per heavy atom. The molecule has 0 aliphatic heterocycles. The highest BCUT2D eigenvalue weighted by Crippen LogP contribution is 2.41. The zero-order valence-electron chi connectivity index (χ0n) is 9.05. The van der Waals surface area contributed by atoms with E-state index in [-0.39, 0.29) is 0 Å². The zero-order chi connectivity index (χ0) is 10.8. The fourth-order valence-corrected chi connectivity index (χ4v) is 1.33. The summed E-state index contributed by atoms with van der Waals surface area (Å²) in [5.74, 6) is 0. The molecule has 0 fully saturated rings. The van der Waals surface area contributed by atoms with Crippen molar-refractivity contribution in [2.75, 3.05) is 6.54 Å². The summed E-state index contributed by atoms with van der Waals surface area (Å²) in [5, 5.41) is 0. The van der Waals surface area contributed by atoms with Crippen LogP contribution in [-0.4, -0.2) is 6.54 Å². The van der Waals surface area contributed by atoms with Crippen molar-refractivity contribution >= 4 is 0 Å². The Bertz CT molecular complexity index is 290. The molecular formula is C12H18FN. The number of nitrogens with two attached hydrogens (primary N) is 1. The van der Waals surface area contributed by atoms with Crippen molar-refractivity contribution in [2.45, 2.75) is 26.4 Å². The molecule has 0 bridgehead atoms. The molecule has 1 aromatic carbocycles. The molecule has 2 heteroatoms. The highest BCUT2D eigenvalue weighted by Gasteiger charge is 2.41. The van der Waals surface area contributed by atoms with Gasteiger partial charge in [0.25, 0.3) is 0 Å². The Hall–Kier alpha value is -0.890. The van der Waals surface area contributed by atoms with Crippen molar-refractivity contribution < 1.29 is 4.39 Å². The normalized spacial score (nSPS) is 16.4. The Morgan fingerprint density at radius 1 is 1.14 bits per heavy atom. The molecule has 1 unspecified atom stereocenters. The van der Waals surface area contributed by atoms with E-state index in [4.69, 9.17) is 5.73 Å². The van der Waals surface area contributed by atoms with Gasteiger partial charge in [0, 0.05) is 12.0 Å². The molecule has 2 N–H and O–H groups in total. The van der Waals surface area contributed by atoms with Gasteiger partial charge in [0.15, 0.2) is 0 Å². The summed E-state index contributed by atoms with van der Waals surface area (Å²) in [6.45, 7) is 5.62. The fourth-order valence-electron chi connectivity index (χ4n) is 1.33. The number of hydrogen-bond donors (Lipinski definition) is 1. The van der Waals surface area contributed by atoms with Crippen LogP contribution in [0.15, 0.2) is 30.3 Å². The van der Waals surface area contributed by atoms with Gasteiger partial charge in [-0.25, -0.2) is 4.39 Å². The maximum atomic E-state index is 14.5. The predicted octanol–water partition coefficient (Wildman–Crippen LogP) is 2.86. The molecule has 1 aromatic rings. The van der Waals surface area contributed by atoms with Gasteiger partial charge in [0.1, 0.15) is 5.67 Å². The van der Waals surface area contributed by atoms with Crippen molar-refractivity contribution in [1.29, 1.82) is 0 Å². The summed E-state index contributed by atoms with van der Waals surface area (Å²) < 4.78 is 14.5. The van der Waals surface area contributed by atoms with E-state index >= 15 is 0 Å². The van der Waals surface area contributed by atoms with Gasteiger partial charge >= 0.3 is 0 Å². The van der Waals surface area contributed by atoms with Crippen molar-refractivity contribution in [3.05, 3.63) is 35.9 Å². The third kappa shape index (κ3) is 1.80. The van der Waals surface area contributed by atoms with Gasteiger partial charge in [-0.1, -0.05) is 44.2 Å². The van der Waals surface area contributed by atoms with Crippen LogP contribution in [-0.2, 0) is 5.67 Å². The summed E-state index contributed by atoms with van der Waals surface area (Å²) in [6.07, 6.45) is 0. The number of hydrogen-bond acceptors (Lipinski definition) is 1. The van der Waals surface area contributed by atoms with Gasteiger partial charge in [-0.3, -0.25) is 0 Å². The van der Waals surface area contributed by atoms with Crippen LogP contribution in [0.1, 0.15) is 26.3 Å². The third-order valence-electron chi connectivity index (χ3n) is 3.10. The van der Waals surface area contributed by atoms with Crippen LogP contribution in [0.2, 0.25) is 0 Å².